The largest absolute Gasteiger partial charge is 0.506 e. The first-order valence-corrected chi connectivity index (χ1v) is 9.67. The molecule has 7 heteroatoms. The van der Waals surface area contributed by atoms with Gasteiger partial charge >= 0.3 is 0 Å². The Morgan fingerprint density at radius 1 is 1.12 bits per heavy atom. The minimum Gasteiger partial charge on any atom is -0.506 e. The molecular formula is C19H20F2N2O2S. The summed E-state index contributed by atoms with van der Waals surface area (Å²) in [6.45, 7) is 2.04. The van der Waals surface area contributed by atoms with Gasteiger partial charge in [-0.15, -0.1) is 0 Å². The summed E-state index contributed by atoms with van der Waals surface area (Å²) in [5.41, 5.74) is 0. The van der Waals surface area contributed by atoms with Crippen LogP contribution in [0.5, 0.6) is 11.5 Å². The number of thioether (sulfide) groups is 1. The van der Waals surface area contributed by atoms with Gasteiger partial charge in [0.1, 0.15) is 11.5 Å². The zero-order chi connectivity index (χ0) is 18.1. The van der Waals surface area contributed by atoms with Gasteiger partial charge in [-0.1, -0.05) is 11.8 Å². The predicted molar refractivity (Wildman–Crippen MR) is 95.2 cm³/mol. The molecule has 138 valence electrons. The van der Waals surface area contributed by atoms with Gasteiger partial charge in [0.25, 0.3) is 0 Å². The molecule has 2 fully saturated rings. The molecule has 1 aromatic carbocycles. The lowest BCUT2D eigenvalue weighted by atomic mass is 10.0. The highest BCUT2D eigenvalue weighted by Crippen LogP contribution is 2.40. The third-order valence-electron chi connectivity index (χ3n) is 5.09. The number of aromatic hydroxyl groups is 1. The van der Waals surface area contributed by atoms with Crippen molar-refractivity contribution < 1.29 is 18.6 Å². The highest BCUT2D eigenvalue weighted by molar-refractivity contribution is 7.99. The predicted octanol–water partition coefficient (Wildman–Crippen LogP) is 3.90. The number of fused-ring (bicyclic) bond motifs is 1. The molecule has 0 radical (unpaired) electrons. The lowest BCUT2D eigenvalue weighted by Crippen LogP contribution is -2.24. The molecule has 1 aliphatic heterocycles. The normalized spacial score (nSPS) is 25.4. The van der Waals surface area contributed by atoms with E-state index in [4.69, 9.17) is 4.74 Å². The van der Waals surface area contributed by atoms with Crippen molar-refractivity contribution in [2.24, 2.45) is 11.8 Å². The summed E-state index contributed by atoms with van der Waals surface area (Å²) in [7, 11) is 0. The molecule has 1 saturated heterocycles. The highest BCUT2D eigenvalue weighted by atomic mass is 32.2. The van der Waals surface area contributed by atoms with Crippen LogP contribution in [0.4, 0.5) is 8.78 Å². The monoisotopic (exact) mass is 378 g/mol. The number of hydrogen-bond donors (Lipinski definition) is 1. The Morgan fingerprint density at radius 2 is 1.88 bits per heavy atom. The van der Waals surface area contributed by atoms with E-state index in [1.165, 1.54) is 12.3 Å². The molecule has 2 aromatic rings. The number of halogens is 2. The maximum atomic E-state index is 13.3. The Bertz CT molecular complexity index is 761. The molecule has 1 saturated carbocycles. The quantitative estimate of drug-likeness (QED) is 0.800. The van der Waals surface area contributed by atoms with Crippen molar-refractivity contribution in [2.45, 2.75) is 24.0 Å². The molecule has 0 bridgehead atoms. The van der Waals surface area contributed by atoms with Gasteiger partial charge in [0.15, 0.2) is 11.6 Å². The number of aromatic nitrogens is 1. The van der Waals surface area contributed by atoms with Crippen molar-refractivity contribution in [3.8, 4) is 11.5 Å². The van der Waals surface area contributed by atoms with Crippen LogP contribution in [0.2, 0.25) is 0 Å². The molecule has 2 aliphatic rings. The number of likely N-dealkylation sites (tertiary alicyclic amines) is 1. The molecule has 3 atom stereocenters. The average Bonchev–Trinajstić information content (AvgIpc) is 3.16. The molecule has 0 spiro atoms. The van der Waals surface area contributed by atoms with Crippen molar-refractivity contribution >= 4 is 11.8 Å². The SMILES string of the molecule is Oc1ccc(SCN2C[C@H]3C[C@H](Oc4ccc(F)c(F)c4)C[C@H]3C2)nc1. The van der Waals surface area contributed by atoms with E-state index in [-0.39, 0.29) is 11.9 Å². The van der Waals surface area contributed by atoms with Gasteiger partial charge in [-0.2, -0.15) is 0 Å². The second-order valence-electron chi connectivity index (χ2n) is 6.97. The van der Waals surface area contributed by atoms with Gasteiger partial charge < -0.3 is 9.84 Å². The van der Waals surface area contributed by atoms with E-state index in [0.717, 1.165) is 49.0 Å². The van der Waals surface area contributed by atoms with Gasteiger partial charge in [-0.25, -0.2) is 13.8 Å². The van der Waals surface area contributed by atoms with Gasteiger partial charge in [-0.05, 0) is 48.9 Å². The first-order chi connectivity index (χ1) is 12.6. The summed E-state index contributed by atoms with van der Waals surface area (Å²) in [5.74, 6) is 0.900. The van der Waals surface area contributed by atoms with Gasteiger partial charge in [0.2, 0.25) is 0 Å². The Kier molecular flexibility index (Phi) is 5.00. The summed E-state index contributed by atoms with van der Waals surface area (Å²) in [6.07, 6.45) is 3.43. The lowest BCUT2D eigenvalue weighted by molar-refractivity contribution is 0.188. The third kappa shape index (κ3) is 3.94. The fourth-order valence-corrected chi connectivity index (χ4v) is 4.72. The van der Waals surface area contributed by atoms with Gasteiger partial charge in [0.05, 0.1) is 23.2 Å². The van der Waals surface area contributed by atoms with Crippen LogP contribution in [-0.4, -0.2) is 40.1 Å². The molecule has 4 nitrogen and oxygen atoms in total. The molecule has 1 aromatic heterocycles. The molecule has 26 heavy (non-hydrogen) atoms. The van der Waals surface area contributed by atoms with Crippen molar-refractivity contribution in [1.82, 2.24) is 9.88 Å². The van der Waals surface area contributed by atoms with E-state index < -0.39 is 11.6 Å². The zero-order valence-electron chi connectivity index (χ0n) is 14.1. The Hall–Kier alpha value is -1.86. The first-order valence-electron chi connectivity index (χ1n) is 8.68. The van der Waals surface area contributed by atoms with Crippen LogP contribution in [-0.2, 0) is 0 Å². The van der Waals surface area contributed by atoms with E-state index in [0.29, 0.717) is 17.6 Å². The van der Waals surface area contributed by atoms with Crippen LogP contribution in [0.3, 0.4) is 0 Å². The van der Waals surface area contributed by atoms with Crippen LogP contribution in [0.25, 0.3) is 0 Å². The standard InChI is InChI=1S/C19H20F2N2O2S/c20-17-3-2-15(7-18(17)21)25-16-5-12-9-23(10-13(12)6-16)11-26-19-4-1-14(24)8-22-19/h1-4,7-8,12-13,16,24H,5-6,9-11H2/t12-,13+,16+. The smallest absolute Gasteiger partial charge is 0.162 e. The molecule has 0 amide bonds. The van der Waals surface area contributed by atoms with E-state index in [1.54, 1.807) is 17.8 Å². The maximum absolute atomic E-state index is 13.3. The van der Waals surface area contributed by atoms with Crippen molar-refractivity contribution in [1.29, 1.82) is 0 Å². The number of hydrogen-bond acceptors (Lipinski definition) is 5. The van der Waals surface area contributed by atoms with Crippen LogP contribution >= 0.6 is 11.8 Å². The van der Waals surface area contributed by atoms with E-state index in [1.807, 2.05) is 6.07 Å². The summed E-state index contributed by atoms with van der Waals surface area (Å²) in [5, 5.41) is 10.2. The molecule has 0 unspecified atom stereocenters. The van der Waals surface area contributed by atoms with Gasteiger partial charge in [-0.3, -0.25) is 4.90 Å². The fourth-order valence-electron chi connectivity index (χ4n) is 3.90. The summed E-state index contributed by atoms with van der Waals surface area (Å²) < 4.78 is 32.2. The summed E-state index contributed by atoms with van der Waals surface area (Å²) >= 11 is 1.67. The van der Waals surface area contributed by atoms with Crippen molar-refractivity contribution in [3.05, 3.63) is 48.2 Å². The van der Waals surface area contributed by atoms with E-state index >= 15 is 0 Å². The molecule has 1 N–H and O–H groups in total. The number of pyridine rings is 1. The van der Waals surface area contributed by atoms with E-state index in [9.17, 15) is 13.9 Å². The molecular weight excluding hydrogens is 358 g/mol. The minimum absolute atomic E-state index is 0.0726. The van der Waals surface area contributed by atoms with Crippen LogP contribution < -0.4 is 4.74 Å². The maximum Gasteiger partial charge on any atom is 0.162 e. The minimum atomic E-state index is -0.869. The zero-order valence-corrected chi connectivity index (χ0v) is 15.0. The molecule has 1 aliphatic carbocycles. The topological polar surface area (TPSA) is 45.6 Å². The lowest BCUT2D eigenvalue weighted by Gasteiger charge is -2.19. The Balaban J connectivity index is 1.26. The molecule has 4 rings (SSSR count). The van der Waals surface area contributed by atoms with Crippen LogP contribution in [0, 0.1) is 23.5 Å². The van der Waals surface area contributed by atoms with Gasteiger partial charge in [0, 0.05) is 19.2 Å². The van der Waals surface area contributed by atoms with Crippen LogP contribution in [0.15, 0.2) is 41.6 Å². The second kappa shape index (κ2) is 7.40. The van der Waals surface area contributed by atoms with Crippen molar-refractivity contribution in [3.63, 3.8) is 0 Å². The second-order valence-corrected chi connectivity index (χ2v) is 7.94. The fraction of sp³-hybridized carbons (Fsp3) is 0.421. The van der Waals surface area contributed by atoms with Crippen LogP contribution in [0.1, 0.15) is 12.8 Å². The number of benzene rings is 1. The summed E-state index contributed by atoms with van der Waals surface area (Å²) in [6, 6.07) is 7.19. The highest BCUT2D eigenvalue weighted by Gasteiger charge is 2.41. The summed E-state index contributed by atoms with van der Waals surface area (Å²) in [4.78, 5) is 6.61. The first kappa shape index (κ1) is 17.5. The average molecular weight is 378 g/mol. The Labute approximate surface area is 155 Å². The number of ether oxygens (including phenoxy) is 1. The van der Waals surface area contributed by atoms with Crippen molar-refractivity contribution in [2.75, 3.05) is 19.0 Å². The van der Waals surface area contributed by atoms with E-state index in [2.05, 4.69) is 9.88 Å². The Morgan fingerprint density at radius 3 is 2.54 bits per heavy atom. The number of nitrogens with zero attached hydrogens (tertiary/aromatic N) is 2. The molecule has 2 heterocycles. The third-order valence-corrected chi connectivity index (χ3v) is 6.12. The number of rotatable bonds is 5.